The number of hydrogen-bond acceptors (Lipinski definition) is 4. The minimum Gasteiger partial charge on any atom is -0.489 e. The number of amides is 3. The Bertz CT molecular complexity index is 1100. The lowest BCUT2D eigenvalue weighted by Crippen LogP contribution is -2.54. The van der Waals surface area contributed by atoms with Crippen LogP contribution in [0.15, 0.2) is 84.9 Å². The molecule has 3 aromatic rings. The van der Waals surface area contributed by atoms with Crippen LogP contribution in [0.5, 0.6) is 5.75 Å². The number of nitrogens with one attached hydrogen (secondary N) is 2. The van der Waals surface area contributed by atoms with Gasteiger partial charge in [0.25, 0.3) is 0 Å². The molecule has 3 aromatic carbocycles. The topological polar surface area (TPSA) is 111 Å². The van der Waals surface area contributed by atoms with Crippen LogP contribution < -0.4 is 21.1 Å². The van der Waals surface area contributed by atoms with Crippen molar-refractivity contribution in [3.63, 3.8) is 0 Å². The Balaban J connectivity index is 1.66. The molecular formula is C27H29N3O4. The molecule has 4 N–H and O–H groups in total. The second-order valence-electron chi connectivity index (χ2n) is 8.03. The van der Waals surface area contributed by atoms with Gasteiger partial charge in [-0.2, -0.15) is 0 Å². The van der Waals surface area contributed by atoms with E-state index in [-0.39, 0.29) is 12.3 Å². The molecule has 0 aliphatic carbocycles. The van der Waals surface area contributed by atoms with Gasteiger partial charge in [-0.05, 0) is 28.8 Å². The minimum absolute atomic E-state index is 0.196. The summed E-state index contributed by atoms with van der Waals surface area (Å²) in [5.74, 6) is -0.823. The van der Waals surface area contributed by atoms with Gasteiger partial charge in [0, 0.05) is 19.8 Å². The van der Waals surface area contributed by atoms with Crippen molar-refractivity contribution in [2.24, 2.45) is 5.73 Å². The number of primary amides is 1. The van der Waals surface area contributed by atoms with Crippen molar-refractivity contribution in [1.82, 2.24) is 10.6 Å². The average molecular weight is 460 g/mol. The summed E-state index contributed by atoms with van der Waals surface area (Å²) in [5, 5.41) is 5.35. The first-order valence-electron chi connectivity index (χ1n) is 11.1. The van der Waals surface area contributed by atoms with E-state index < -0.39 is 23.9 Å². The molecule has 7 heteroatoms. The average Bonchev–Trinajstić information content (AvgIpc) is 2.83. The van der Waals surface area contributed by atoms with Gasteiger partial charge in [-0.25, -0.2) is 0 Å². The highest BCUT2D eigenvalue weighted by molar-refractivity contribution is 5.91. The van der Waals surface area contributed by atoms with Gasteiger partial charge >= 0.3 is 0 Å². The molecule has 0 fully saturated rings. The van der Waals surface area contributed by atoms with Crippen LogP contribution in [0.3, 0.4) is 0 Å². The van der Waals surface area contributed by atoms with Gasteiger partial charge in [-0.3, -0.25) is 14.4 Å². The van der Waals surface area contributed by atoms with Gasteiger partial charge in [0.2, 0.25) is 17.7 Å². The van der Waals surface area contributed by atoms with Crippen LogP contribution in [-0.4, -0.2) is 29.8 Å². The van der Waals surface area contributed by atoms with Crippen molar-refractivity contribution in [3.8, 4) is 5.75 Å². The van der Waals surface area contributed by atoms with E-state index in [1.165, 1.54) is 6.92 Å². The van der Waals surface area contributed by atoms with Gasteiger partial charge in [0.05, 0.1) is 0 Å². The maximum atomic E-state index is 13.0. The number of benzene rings is 3. The molecule has 0 aromatic heterocycles. The van der Waals surface area contributed by atoms with Crippen molar-refractivity contribution in [3.05, 3.63) is 102 Å². The Morgan fingerprint density at radius 1 is 0.765 bits per heavy atom. The Hall–Kier alpha value is -4.13. The summed E-state index contributed by atoms with van der Waals surface area (Å²) in [4.78, 5) is 36.7. The number of hydrogen-bond donors (Lipinski definition) is 3. The summed E-state index contributed by atoms with van der Waals surface area (Å²) in [6.45, 7) is 1.76. The van der Waals surface area contributed by atoms with Gasteiger partial charge in [-0.1, -0.05) is 72.8 Å². The van der Waals surface area contributed by atoms with E-state index in [9.17, 15) is 14.4 Å². The van der Waals surface area contributed by atoms with Crippen LogP contribution in [0.25, 0.3) is 0 Å². The van der Waals surface area contributed by atoms with Crippen LogP contribution in [0.2, 0.25) is 0 Å². The lowest BCUT2D eigenvalue weighted by Gasteiger charge is -2.22. The van der Waals surface area contributed by atoms with Crippen LogP contribution in [0, 0.1) is 0 Å². The lowest BCUT2D eigenvalue weighted by molar-refractivity contribution is -0.130. The number of ether oxygens (including phenoxy) is 1. The first kappa shape index (κ1) is 24.5. The van der Waals surface area contributed by atoms with Crippen LogP contribution in [0.1, 0.15) is 23.6 Å². The summed E-state index contributed by atoms with van der Waals surface area (Å²) in [7, 11) is 0. The molecule has 0 heterocycles. The summed E-state index contributed by atoms with van der Waals surface area (Å²) in [6, 6.07) is 24.7. The first-order chi connectivity index (χ1) is 16.4. The van der Waals surface area contributed by atoms with Crippen molar-refractivity contribution < 1.29 is 19.1 Å². The van der Waals surface area contributed by atoms with Gasteiger partial charge < -0.3 is 21.1 Å². The lowest BCUT2D eigenvalue weighted by atomic mass is 10.0. The largest absolute Gasteiger partial charge is 0.489 e. The molecule has 3 amide bonds. The quantitative estimate of drug-likeness (QED) is 0.409. The zero-order valence-corrected chi connectivity index (χ0v) is 19.1. The summed E-state index contributed by atoms with van der Waals surface area (Å²) in [5.41, 5.74) is 8.30. The first-order valence-corrected chi connectivity index (χ1v) is 11.1. The second kappa shape index (κ2) is 12.2. The molecule has 0 unspecified atom stereocenters. The highest BCUT2D eigenvalue weighted by Crippen LogP contribution is 2.17. The predicted octanol–water partition coefficient (Wildman–Crippen LogP) is 2.53. The summed E-state index contributed by atoms with van der Waals surface area (Å²) >= 11 is 0. The maximum absolute atomic E-state index is 13.0. The molecular weight excluding hydrogens is 430 g/mol. The molecule has 0 aliphatic heterocycles. The van der Waals surface area contributed by atoms with Crippen LogP contribution in [0.4, 0.5) is 0 Å². The molecule has 0 bridgehead atoms. The molecule has 7 nitrogen and oxygen atoms in total. The molecule has 2 atom stereocenters. The number of carbonyl (C=O) groups excluding carboxylic acids is 3. The van der Waals surface area contributed by atoms with E-state index in [0.29, 0.717) is 18.8 Å². The monoisotopic (exact) mass is 459 g/mol. The third-order valence-corrected chi connectivity index (χ3v) is 5.22. The smallest absolute Gasteiger partial charge is 0.243 e. The van der Waals surface area contributed by atoms with Gasteiger partial charge in [0.1, 0.15) is 24.4 Å². The molecule has 0 spiro atoms. The van der Waals surface area contributed by atoms with E-state index in [1.807, 2.05) is 84.9 Å². The molecule has 0 saturated heterocycles. The van der Waals surface area contributed by atoms with E-state index in [2.05, 4.69) is 10.6 Å². The SMILES string of the molecule is CC(=O)N[C@H](Cc1ccccc1)C(=O)N[C@H](Cc1cccc(OCc2ccccc2)c1)C(N)=O. The predicted molar refractivity (Wildman–Crippen MR) is 130 cm³/mol. The van der Waals surface area contributed by atoms with E-state index in [1.54, 1.807) is 0 Å². The molecule has 0 saturated carbocycles. The van der Waals surface area contributed by atoms with Crippen molar-refractivity contribution in [1.29, 1.82) is 0 Å². The van der Waals surface area contributed by atoms with Gasteiger partial charge in [-0.15, -0.1) is 0 Å². The third kappa shape index (κ3) is 7.78. The van der Waals surface area contributed by atoms with Crippen LogP contribution >= 0.6 is 0 Å². The summed E-state index contributed by atoms with van der Waals surface area (Å²) < 4.78 is 5.85. The minimum atomic E-state index is -0.941. The highest BCUT2D eigenvalue weighted by Gasteiger charge is 2.25. The third-order valence-electron chi connectivity index (χ3n) is 5.22. The van der Waals surface area contributed by atoms with E-state index in [4.69, 9.17) is 10.5 Å². The Labute approximate surface area is 199 Å². The zero-order valence-electron chi connectivity index (χ0n) is 19.1. The Morgan fingerprint density at radius 2 is 1.35 bits per heavy atom. The molecule has 34 heavy (non-hydrogen) atoms. The standard InChI is InChI=1S/C27H29N3O4/c1-19(31)29-25(16-20-9-4-2-5-10-20)27(33)30-24(26(28)32)17-22-13-8-14-23(15-22)34-18-21-11-6-3-7-12-21/h2-15,24-25H,16-18H2,1H3,(H2,28,32)(H,29,31)(H,30,33)/t24-,25-/m1/s1. The second-order valence-corrected chi connectivity index (χ2v) is 8.03. The van der Waals surface area contributed by atoms with E-state index in [0.717, 1.165) is 16.7 Å². The van der Waals surface area contributed by atoms with Crippen molar-refractivity contribution >= 4 is 17.7 Å². The van der Waals surface area contributed by atoms with Crippen LogP contribution in [-0.2, 0) is 33.8 Å². The summed E-state index contributed by atoms with van der Waals surface area (Å²) in [6.07, 6.45) is 0.488. The number of nitrogens with two attached hydrogens (primary N) is 1. The fourth-order valence-electron chi connectivity index (χ4n) is 3.54. The van der Waals surface area contributed by atoms with E-state index >= 15 is 0 Å². The highest BCUT2D eigenvalue weighted by atomic mass is 16.5. The van der Waals surface area contributed by atoms with Crippen molar-refractivity contribution in [2.45, 2.75) is 38.5 Å². The molecule has 176 valence electrons. The Morgan fingerprint density at radius 3 is 1.97 bits per heavy atom. The molecule has 0 radical (unpaired) electrons. The fourth-order valence-corrected chi connectivity index (χ4v) is 3.54. The normalized spacial score (nSPS) is 12.3. The van der Waals surface area contributed by atoms with Gasteiger partial charge in [0.15, 0.2) is 0 Å². The Kier molecular flexibility index (Phi) is 8.80. The van der Waals surface area contributed by atoms with Crippen molar-refractivity contribution in [2.75, 3.05) is 0 Å². The zero-order chi connectivity index (χ0) is 24.3. The maximum Gasteiger partial charge on any atom is 0.243 e. The number of carbonyl (C=O) groups is 3. The fraction of sp³-hybridized carbons (Fsp3) is 0.222. The number of rotatable bonds is 11. The molecule has 0 aliphatic rings. The molecule has 3 rings (SSSR count).